The zero-order valence-corrected chi connectivity index (χ0v) is 27.7. The van der Waals surface area contributed by atoms with Crippen molar-refractivity contribution in [2.45, 2.75) is 26.7 Å². The second-order valence-corrected chi connectivity index (χ2v) is 10.2. The summed E-state index contributed by atoms with van der Waals surface area (Å²) in [5.74, 6) is 4.53. The Morgan fingerprint density at radius 1 is 0.522 bits per heavy atom. The Bertz CT molecular complexity index is 1420. The number of hydrogen-bond acceptors (Lipinski definition) is 9. The summed E-state index contributed by atoms with van der Waals surface area (Å²) in [6.45, 7) is 8.02. The molecular formula is C37H42O9. The molecule has 0 saturated carbocycles. The van der Waals surface area contributed by atoms with Crippen molar-refractivity contribution in [2.24, 2.45) is 0 Å². The average Bonchev–Trinajstić information content (AvgIpc) is 3.06. The number of carbonyl (C=O) groups is 1. The minimum absolute atomic E-state index is 0.191. The lowest BCUT2D eigenvalue weighted by Crippen LogP contribution is -2.11. The van der Waals surface area contributed by atoms with Gasteiger partial charge in [-0.15, -0.1) is 0 Å². The highest BCUT2D eigenvalue weighted by molar-refractivity contribution is 5.76. The van der Waals surface area contributed by atoms with Crippen molar-refractivity contribution in [1.82, 2.24) is 0 Å². The van der Waals surface area contributed by atoms with E-state index in [4.69, 9.17) is 37.9 Å². The smallest absolute Gasteiger partial charge is 0.315 e. The fraction of sp³-hybridized carbons (Fsp3) is 0.270. The Morgan fingerprint density at radius 3 is 1.39 bits per heavy atom. The average molecular weight is 631 g/mol. The zero-order chi connectivity index (χ0) is 33.6. The molecule has 9 nitrogen and oxygen atoms in total. The number of allylic oxidation sites excluding steroid dienone is 1. The van der Waals surface area contributed by atoms with Crippen LogP contribution in [0, 0.1) is 13.8 Å². The number of rotatable bonds is 13. The van der Waals surface area contributed by atoms with Gasteiger partial charge in [-0.1, -0.05) is 54.1 Å². The fourth-order valence-electron chi connectivity index (χ4n) is 4.43. The van der Waals surface area contributed by atoms with Crippen LogP contribution in [0.15, 0.2) is 85.1 Å². The van der Waals surface area contributed by atoms with E-state index in [2.05, 4.69) is 6.58 Å². The van der Waals surface area contributed by atoms with Gasteiger partial charge in [-0.3, -0.25) is 4.79 Å². The second kappa shape index (κ2) is 17.2. The van der Waals surface area contributed by atoms with Crippen molar-refractivity contribution in [3.05, 3.63) is 107 Å². The van der Waals surface area contributed by atoms with Gasteiger partial charge >= 0.3 is 5.97 Å². The molecule has 0 atom stereocenters. The van der Waals surface area contributed by atoms with E-state index >= 15 is 0 Å². The highest BCUT2D eigenvalue weighted by Crippen LogP contribution is 2.41. The topological polar surface area (TPSA) is 90.9 Å². The molecule has 4 aromatic rings. The first-order valence-electron chi connectivity index (χ1n) is 14.4. The third-order valence-electron chi connectivity index (χ3n) is 6.75. The monoisotopic (exact) mass is 630 g/mol. The summed E-state index contributed by atoms with van der Waals surface area (Å²) in [4.78, 5) is 12.1. The third kappa shape index (κ3) is 9.85. The molecule has 4 rings (SSSR count). The largest absolute Gasteiger partial charge is 0.493 e. The molecular weight excluding hydrogens is 588 g/mol. The van der Waals surface area contributed by atoms with Crippen molar-refractivity contribution in [1.29, 1.82) is 0 Å². The maximum absolute atomic E-state index is 12.1. The van der Waals surface area contributed by atoms with Gasteiger partial charge in [0.25, 0.3) is 0 Å². The number of ether oxygens (including phenoxy) is 8. The Balaban J connectivity index is 0.000000250. The van der Waals surface area contributed by atoms with Gasteiger partial charge in [-0.25, -0.2) is 0 Å². The van der Waals surface area contributed by atoms with E-state index in [0.29, 0.717) is 52.4 Å². The predicted molar refractivity (Wildman–Crippen MR) is 177 cm³/mol. The van der Waals surface area contributed by atoms with E-state index in [1.54, 1.807) is 33.5 Å². The van der Waals surface area contributed by atoms with Crippen molar-refractivity contribution in [3.8, 4) is 46.0 Å². The van der Waals surface area contributed by atoms with Crippen LogP contribution < -0.4 is 37.9 Å². The predicted octanol–water partition coefficient (Wildman–Crippen LogP) is 7.32. The molecule has 0 amide bonds. The summed E-state index contributed by atoms with van der Waals surface area (Å²) < 4.78 is 42.9. The molecule has 0 aliphatic carbocycles. The summed E-state index contributed by atoms with van der Waals surface area (Å²) in [5, 5.41) is 0. The van der Waals surface area contributed by atoms with Crippen molar-refractivity contribution >= 4 is 5.97 Å². The minimum atomic E-state index is -0.358. The maximum Gasteiger partial charge on any atom is 0.315 e. The molecule has 0 aliphatic heterocycles. The Hall–Kier alpha value is -5.31. The molecule has 0 heterocycles. The van der Waals surface area contributed by atoms with Gasteiger partial charge in [-0.2, -0.15) is 0 Å². The molecule has 0 radical (unpaired) electrons. The maximum atomic E-state index is 12.1. The summed E-state index contributed by atoms with van der Waals surface area (Å²) >= 11 is 0. The molecule has 0 bridgehead atoms. The number of aryl methyl sites for hydroxylation is 2. The normalized spacial score (nSPS) is 10.1. The number of esters is 1. The first kappa shape index (κ1) is 35.2. The van der Waals surface area contributed by atoms with Crippen LogP contribution in [0.2, 0.25) is 0 Å². The molecule has 0 aromatic heterocycles. The summed E-state index contributed by atoms with van der Waals surface area (Å²) in [7, 11) is 9.31. The lowest BCUT2D eigenvalue weighted by Gasteiger charge is -2.15. The van der Waals surface area contributed by atoms with Gasteiger partial charge < -0.3 is 37.9 Å². The molecule has 0 aliphatic rings. The Morgan fingerprint density at radius 2 is 0.957 bits per heavy atom. The number of benzene rings is 4. The van der Waals surface area contributed by atoms with E-state index in [9.17, 15) is 4.79 Å². The number of methoxy groups -OCH3 is 6. The van der Waals surface area contributed by atoms with Crippen LogP contribution in [0.4, 0.5) is 0 Å². The molecule has 0 saturated heterocycles. The SMILES string of the molecule is C=C(Cc1cc(OC)c(OC)c(OC)c1)Oc1ccc(C)cc1.COc1cc(OC(=O)Cc2ccc(C)cc2)cc(OC)c1OC. The van der Waals surface area contributed by atoms with E-state index in [-0.39, 0.29) is 12.4 Å². The summed E-state index contributed by atoms with van der Waals surface area (Å²) in [6, 6.07) is 22.6. The second-order valence-electron chi connectivity index (χ2n) is 10.2. The van der Waals surface area contributed by atoms with Crippen molar-refractivity contribution in [3.63, 3.8) is 0 Å². The van der Waals surface area contributed by atoms with Gasteiger partial charge in [0, 0.05) is 18.6 Å². The first-order valence-corrected chi connectivity index (χ1v) is 14.4. The van der Waals surface area contributed by atoms with Crippen molar-refractivity contribution < 1.29 is 42.7 Å². The summed E-state index contributed by atoms with van der Waals surface area (Å²) in [6.07, 6.45) is 0.738. The van der Waals surface area contributed by atoms with Crippen LogP contribution in [-0.4, -0.2) is 48.6 Å². The lowest BCUT2D eigenvalue weighted by atomic mass is 10.1. The van der Waals surface area contributed by atoms with Crippen LogP contribution in [0.1, 0.15) is 22.3 Å². The van der Waals surface area contributed by atoms with Gasteiger partial charge in [0.15, 0.2) is 23.0 Å². The molecule has 9 heteroatoms. The lowest BCUT2D eigenvalue weighted by molar-refractivity contribution is -0.133. The van der Waals surface area contributed by atoms with E-state index in [0.717, 1.165) is 22.4 Å². The van der Waals surface area contributed by atoms with Crippen LogP contribution in [0.5, 0.6) is 46.0 Å². The molecule has 244 valence electrons. The quantitative estimate of drug-likeness (QED) is 0.0856. The zero-order valence-electron chi connectivity index (χ0n) is 27.7. The first-order chi connectivity index (χ1) is 22.1. The third-order valence-corrected chi connectivity index (χ3v) is 6.75. The Kier molecular flexibility index (Phi) is 13.2. The van der Waals surface area contributed by atoms with E-state index in [1.165, 1.54) is 26.9 Å². The van der Waals surface area contributed by atoms with Crippen LogP contribution >= 0.6 is 0 Å². The summed E-state index contributed by atoms with van der Waals surface area (Å²) in [5.41, 5.74) is 4.20. The molecule has 46 heavy (non-hydrogen) atoms. The van der Waals surface area contributed by atoms with Gasteiger partial charge in [-0.05, 0) is 49.2 Å². The van der Waals surface area contributed by atoms with Crippen molar-refractivity contribution in [2.75, 3.05) is 42.7 Å². The van der Waals surface area contributed by atoms with Gasteiger partial charge in [0.2, 0.25) is 11.5 Å². The van der Waals surface area contributed by atoms with Crippen LogP contribution in [-0.2, 0) is 17.6 Å². The molecule has 0 unspecified atom stereocenters. The minimum Gasteiger partial charge on any atom is -0.493 e. The van der Waals surface area contributed by atoms with E-state index in [1.807, 2.05) is 74.5 Å². The highest BCUT2D eigenvalue weighted by Gasteiger charge is 2.16. The highest BCUT2D eigenvalue weighted by atomic mass is 16.6. The van der Waals surface area contributed by atoms with Gasteiger partial charge in [0.1, 0.15) is 17.3 Å². The molecule has 0 N–H and O–H groups in total. The standard InChI is InChI=1S/C19H22O4.C18H20O5/c1-13-6-8-16(9-7-13)23-14(2)10-15-11-17(20-3)19(22-5)18(12-15)21-4;1-12-5-7-13(8-6-12)9-17(19)23-14-10-15(20-2)18(22-4)16(11-14)21-3/h6-9,11-12H,2,10H2,1,3-5H3;5-8,10-11H,9H2,1-4H3. The van der Waals surface area contributed by atoms with Crippen LogP contribution in [0.25, 0.3) is 0 Å². The molecule has 0 spiro atoms. The molecule has 4 aromatic carbocycles. The number of carbonyl (C=O) groups excluding carboxylic acids is 1. The van der Waals surface area contributed by atoms with Gasteiger partial charge in [0.05, 0.1) is 49.1 Å². The van der Waals surface area contributed by atoms with Crippen LogP contribution in [0.3, 0.4) is 0 Å². The molecule has 0 fully saturated rings. The fourth-order valence-corrected chi connectivity index (χ4v) is 4.43. The Labute approximate surface area is 271 Å². The van der Waals surface area contributed by atoms with E-state index < -0.39 is 0 Å². The number of hydrogen-bond donors (Lipinski definition) is 0.